The van der Waals surface area contributed by atoms with Crippen LogP contribution in [0.1, 0.15) is 11.4 Å². The summed E-state index contributed by atoms with van der Waals surface area (Å²) in [7, 11) is 0. The summed E-state index contributed by atoms with van der Waals surface area (Å²) in [5, 5.41) is 12.3. The minimum absolute atomic E-state index is 0.148. The topological polar surface area (TPSA) is 64.1 Å². The van der Waals surface area contributed by atoms with Crippen molar-refractivity contribution in [3.05, 3.63) is 34.3 Å². The SMILES string of the molecule is Cc1nnc(NC(=O)CCOc2ccc(Cl)cc2)s1. The lowest BCUT2D eigenvalue weighted by Gasteiger charge is -2.05. The Morgan fingerprint density at radius 3 is 2.74 bits per heavy atom. The molecule has 0 spiro atoms. The normalized spacial score (nSPS) is 10.2. The van der Waals surface area contributed by atoms with Crippen molar-refractivity contribution in [3.8, 4) is 5.75 Å². The molecule has 1 N–H and O–H groups in total. The maximum Gasteiger partial charge on any atom is 0.229 e. The molecule has 2 rings (SSSR count). The zero-order valence-corrected chi connectivity index (χ0v) is 11.8. The molecule has 0 aliphatic rings. The van der Waals surface area contributed by atoms with Crippen LogP contribution in [0.5, 0.6) is 5.75 Å². The Kier molecular flexibility index (Phi) is 4.70. The molecule has 0 aliphatic carbocycles. The number of nitrogens with one attached hydrogen (secondary N) is 1. The van der Waals surface area contributed by atoms with Crippen molar-refractivity contribution >= 4 is 34.0 Å². The molecule has 0 fully saturated rings. The molecule has 1 amide bonds. The van der Waals surface area contributed by atoms with Gasteiger partial charge in [0.25, 0.3) is 0 Å². The van der Waals surface area contributed by atoms with Crippen LogP contribution in [0.25, 0.3) is 0 Å². The first kappa shape index (κ1) is 13.8. The van der Waals surface area contributed by atoms with Crippen LogP contribution in [-0.4, -0.2) is 22.7 Å². The van der Waals surface area contributed by atoms with Crippen molar-refractivity contribution in [2.45, 2.75) is 13.3 Å². The Balaban J connectivity index is 1.73. The summed E-state index contributed by atoms with van der Waals surface area (Å²) in [6, 6.07) is 6.99. The fraction of sp³-hybridized carbons (Fsp3) is 0.250. The molecule has 5 nitrogen and oxygen atoms in total. The van der Waals surface area contributed by atoms with E-state index in [1.54, 1.807) is 24.3 Å². The van der Waals surface area contributed by atoms with Gasteiger partial charge in [0.05, 0.1) is 13.0 Å². The third-order valence-corrected chi connectivity index (χ3v) is 3.19. The average Bonchev–Trinajstić information content (AvgIpc) is 2.77. The zero-order chi connectivity index (χ0) is 13.7. The highest BCUT2D eigenvalue weighted by Gasteiger charge is 2.06. The Labute approximate surface area is 119 Å². The number of anilines is 1. The van der Waals surface area contributed by atoms with E-state index in [-0.39, 0.29) is 12.3 Å². The second kappa shape index (κ2) is 6.49. The average molecular weight is 298 g/mol. The van der Waals surface area contributed by atoms with Gasteiger partial charge in [-0.3, -0.25) is 4.79 Å². The summed E-state index contributed by atoms with van der Waals surface area (Å²) in [4.78, 5) is 11.6. The van der Waals surface area contributed by atoms with Crippen LogP contribution in [-0.2, 0) is 4.79 Å². The second-order valence-electron chi connectivity index (χ2n) is 3.73. The maximum atomic E-state index is 11.6. The molecule has 2 aromatic rings. The van der Waals surface area contributed by atoms with Gasteiger partial charge in [0, 0.05) is 5.02 Å². The summed E-state index contributed by atoms with van der Waals surface area (Å²) in [5.74, 6) is 0.536. The number of hydrogen-bond donors (Lipinski definition) is 1. The minimum atomic E-state index is -0.148. The highest BCUT2D eigenvalue weighted by atomic mass is 35.5. The van der Waals surface area contributed by atoms with Gasteiger partial charge < -0.3 is 10.1 Å². The molecule has 1 aromatic carbocycles. The quantitative estimate of drug-likeness (QED) is 0.921. The van der Waals surface area contributed by atoms with Gasteiger partial charge in [0.2, 0.25) is 11.0 Å². The smallest absolute Gasteiger partial charge is 0.229 e. The lowest BCUT2D eigenvalue weighted by molar-refractivity contribution is -0.116. The predicted octanol–water partition coefficient (Wildman–Crippen LogP) is 2.91. The van der Waals surface area contributed by atoms with Gasteiger partial charge in [0.1, 0.15) is 10.8 Å². The van der Waals surface area contributed by atoms with E-state index in [4.69, 9.17) is 16.3 Å². The lowest BCUT2D eigenvalue weighted by atomic mass is 10.3. The monoisotopic (exact) mass is 297 g/mol. The zero-order valence-electron chi connectivity index (χ0n) is 10.2. The Morgan fingerprint density at radius 1 is 1.37 bits per heavy atom. The first-order chi connectivity index (χ1) is 9.13. The fourth-order valence-corrected chi connectivity index (χ4v) is 2.06. The van der Waals surface area contributed by atoms with E-state index >= 15 is 0 Å². The van der Waals surface area contributed by atoms with E-state index in [0.717, 1.165) is 5.01 Å². The molecule has 0 saturated carbocycles. The maximum absolute atomic E-state index is 11.6. The Hall–Kier alpha value is -1.66. The molecular formula is C12H12ClN3O2S. The van der Waals surface area contributed by atoms with E-state index < -0.39 is 0 Å². The Morgan fingerprint density at radius 2 is 2.11 bits per heavy atom. The number of aryl methyl sites for hydroxylation is 1. The largest absolute Gasteiger partial charge is 0.493 e. The number of ether oxygens (including phenoxy) is 1. The molecule has 1 heterocycles. The molecule has 0 saturated heterocycles. The number of halogens is 1. The van der Waals surface area contributed by atoms with Crippen LogP contribution in [0.4, 0.5) is 5.13 Å². The number of carbonyl (C=O) groups is 1. The summed E-state index contributed by atoms with van der Waals surface area (Å²) < 4.78 is 5.42. The molecule has 7 heteroatoms. The van der Waals surface area contributed by atoms with Crippen molar-refractivity contribution in [1.82, 2.24) is 10.2 Å². The van der Waals surface area contributed by atoms with E-state index in [9.17, 15) is 4.79 Å². The van der Waals surface area contributed by atoms with Gasteiger partial charge in [-0.25, -0.2) is 0 Å². The van der Waals surface area contributed by atoms with Crippen molar-refractivity contribution in [1.29, 1.82) is 0 Å². The second-order valence-corrected chi connectivity index (χ2v) is 5.34. The molecular weight excluding hydrogens is 286 g/mol. The number of aromatic nitrogens is 2. The van der Waals surface area contributed by atoms with Crippen molar-refractivity contribution in [3.63, 3.8) is 0 Å². The highest BCUT2D eigenvalue weighted by molar-refractivity contribution is 7.15. The number of carbonyl (C=O) groups excluding carboxylic acids is 1. The third kappa shape index (κ3) is 4.50. The molecule has 19 heavy (non-hydrogen) atoms. The van der Waals surface area contributed by atoms with Crippen LogP contribution in [0.15, 0.2) is 24.3 Å². The first-order valence-corrected chi connectivity index (χ1v) is 6.81. The van der Waals surface area contributed by atoms with Gasteiger partial charge in [-0.1, -0.05) is 22.9 Å². The number of benzene rings is 1. The summed E-state index contributed by atoms with van der Waals surface area (Å²) >= 11 is 7.09. The molecule has 1 aromatic heterocycles. The van der Waals surface area contributed by atoms with Crippen LogP contribution in [0, 0.1) is 6.92 Å². The van der Waals surface area contributed by atoms with Crippen LogP contribution in [0.2, 0.25) is 5.02 Å². The van der Waals surface area contributed by atoms with Crippen molar-refractivity contribution < 1.29 is 9.53 Å². The summed E-state index contributed by atoms with van der Waals surface area (Å²) in [6.07, 6.45) is 0.251. The molecule has 100 valence electrons. The van der Waals surface area contributed by atoms with Crippen molar-refractivity contribution in [2.75, 3.05) is 11.9 Å². The summed E-state index contributed by atoms with van der Waals surface area (Å²) in [5.41, 5.74) is 0. The summed E-state index contributed by atoms with van der Waals surface area (Å²) in [6.45, 7) is 2.13. The fourth-order valence-electron chi connectivity index (χ4n) is 1.32. The molecule has 0 bridgehead atoms. The number of amides is 1. The van der Waals surface area contributed by atoms with E-state index in [2.05, 4.69) is 15.5 Å². The lowest BCUT2D eigenvalue weighted by Crippen LogP contribution is -2.15. The molecule has 0 atom stereocenters. The van der Waals surface area contributed by atoms with Gasteiger partial charge in [-0.05, 0) is 31.2 Å². The van der Waals surface area contributed by atoms with E-state index in [1.165, 1.54) is 11.3 Å². The van der Waals surface area contributed by atoms with E-state index in [1.807, 2.05) is 6.92 Å². The minimum Gasteiger partial charge on any atom is -0.493 e. The number of rotatable bonds is 5. The molecule has 0 unspecified atom stereocenters. The Bertz CT molecular complexity index is 556. The number of nitrogens with zero attached hydrogens (tertiary/aromatic N) is 2. The first-order valence-electron chi connectivity index (χ1n) is 5.62. The van der Waals surface area contributed by atoms with Crippen LogP contribution < -0.4 is 10.1 Å². The number of hydrogen-bond acceptors (Lipinski definition) is 5. The molecule has 0 aliphatic heterocycles. The molecule has 0 radical (unpaired) electrons. The van der Waals surface area contributed by atoms with Crippen LogP contribution >= 0.6 is 22.9 Å². The van der Waals surface area contributed by atoms with Crippen LogP contribution in [0.3, 0.4) is 0 Å². The van der Waals surface area contributed by atoms with Gasteiger partial charge >= 0.3 is 0 Å². The van der Waals surface area contributed by atoms with Gasteiger partial charge in [0.15, 0.2) is 0 Å². The predicted molar refractivity (Wildman–Crippen MR) is 74.8 cm³/mol. The van der Waals surface area contributed by atoms with Gasteiger partial charge in [-0.15, -0.1) is 10.2 Å². The van der Waals surface area contributed by atoms with Crippen molar-refractivity contribution in [2.24, 2.45) is 0 Å². The van der Waals surface area contributed by atoms with Gasteiger partial charge in [-0.2, -0.15) is 0 Å². The highest BCUT2D eigenvalue weighted by Crippen LogP contribution is 2.16. The standard InChI is InChI=1S/C12H12ClN3O2S/c1-8-15-16-12(19-8)14-11(17)6-7-18-10-4-2-9(13)3-5-10/h2-5H,6-7H2,1H3,(H,14,16,17). The van der Waals surface area contributed by atoms with E-state index in [0.29, 0.717) is 22.5 Å². The third-order valence-electron chi connectivity index (χ3n) is 2.18.